The Hall–Kier alpha value is -1.90. The molecule has 0 bridgehead atoms. The molecule has 1 aromatic heterocycles. The first-order valence-corrected chi connectivity index (χ1v) is 7.64. The van der Waals surface area contributed by atoms with Gasteiger partial charge in [-0.15, -0.1) is 0 Å². The highest BCUT2D eigenvalue weighted by Crippen LogP contribution is 2.29. The molecule has 21 heavy (non-hydrogen) atoms. The van der Waals surface area contributed by atoms with Crippen molar-refractivity contribution in [2.75, 3.05) is 11.9 Å². The van der Waals surface area contributed by atoms with Crippen LogP contribution in [-0.2, 0) is 0 Å². The second-order valence-electron chi connectivity index (χ2n) is 5.90. The van der Waals surface area contributed by atoms with Gasteiger partial charge in [0.25, 0.3) is 0 Å². The monoisotopic (exact) mass is 283 g/mol. The van der Waals surface area contributed by atoms with E-state index in [1.54, 1.807) is 0 Å². The lowest BCUT2D eigenvalue weighted by molar-refractivity contribution is 0.831. The SMILES string of the molecule is CCNc1nc(-c2cc(C)ccc2C)nc(C)c1C(C)C. The molecule has 1 heterocycles. The molecule has 0 unspecified atom stereocenters. The maximum atomic E-state index is 4.79. The van der Waals surface area contributed by atoms with Gasteiger partial charge < -0.3 is 5.32 Å². The highest BCUT2D eigenvalue weighted by atomic mass is 15.0. The minimum absolute atomic E-state index is 0.409. The van der Waals surface area contributed by atoms with Crippen molar-refractivity contribution in [1.82, 2.24) is 9.97 Å². The van der Waals surface area contributed by atoms with Gasteiger partial charge in [0.05, 0.1) is 0 Å². The minimum atomic E-state index is 0.409. The van der Waals surface area contributed by atoms with E-state index in [2.05, 4.69) is 65.1 Å². The fourth-order valence-electron chi connectivity index (χ4n) is 2.67. The van der Waals surface area contributed by atoms with Crippen molar-refractivity contribution in [2.45, 2.75) is 47.5 Å². The number of aromatic nitrogens is 2. The summed E-state index contributed by atoms with van der Waals surface area (Å²) in [6.07, 6.45) is 0. The van der Waals surface area contributed by atoms with Gasteiger partial charge in [-0.25, -0.2) is 9.97 Å². The number of benzene rings is 1. The molecule has 0 aliphatic carbocycles. The Morgan fingerprint density at radius 3 is 2.43 bits per heavy atom. The quantitative estimate of drug-likeness (QED) is 0.889. The molecule has 0 spiro atoms. The van der Waals surface area contributed by atoms with E-state index < -0.39 is 0 Å². The molecule has 1 aromatic carbocycles. The number of aryl methyl sites for hydroxylation is 3. The van der Waals surface area contributed by atoms with Gasteiger partial charge in [-0.1, -0.05) is 31.5 Å². The maximum absolute atomic E-state index is 4.79. The lowest BCUT2D eigenvalue weighted by Gasteiger charge is -2.17. The summed E-state index contributed by atoms with van der Waals surface area (Å²) in [6, 6.07) is 6.42. The van der Waals surface area contributed by atoms with Crippen LogP contribution in [0.2, 0.25) is 0 Å². The van der Waals surface area contributed by atoms with Gasteiger partial charge in [-0.3, -0.25) is 0 Å². The van der Waals surface area contributed by atoms with E-state index >= 15 is 0 Å². The molecule has 0 saturated carbocycles. The van der Waals surface area contributed by atoms with Gasteiger partial charge in [-0.2, -0.15) is 0 Å². The van der Waals surface area contributed by atoms with E-state index in [-0.39, 0.29) is 0 Å². The first kappa shape index (κ1) is 15.5. The van der Waals surface area contributed by atoms with Crippen LogP contribution < -0.4 is 5.32 Å². The van der Waals surface area contributed by atoms with E-state index in [4.69, 9.17) is 9.97 Å². The molecule has 0 atom stereocenters. The smallest absolute Gasteiger partial charge is 0.162 e. The van der Waals surface area contributed by atoms with Crippen LogP contribution in [-0.4, -0.2) is 16.5 Å². The van der Waals surface area contributed by atoms with E-state index in [0.717, 1.165) is 29.4 Å². The predicted octanol–water partition coefficient (Wildman–Crippen LogP) is 4.62. The molecule has 112 valence electrons. The van der Waals surface area contributed by atoms with E-state index in [9.17, 15) is 0 Å². The average molecular weight is 283 g/mol. The Morgan fingerprint density at radius 1 is 1.10 bits per heavy atom. The number of hydrogen-bond acceptors (Lipinski definition) is 3. The van der Waals surface area contributed by atoms with Gasteiger partial charge in [0.15, 0.2) is 5.82 Å². The molecule has 2 aromatic rings. The maximum Gasteiger partial charge on any atom is 0.162 e. The minimum Gasteiger partial charge on any atom is -0.370 e. The molecule has 0 aliphatic heterocycles. The van der Waals surface area contributed by atoms with Gasteiger partial charge in [0.1, 0.15) is 5.82 Å². The summed E-state index contributed by atoms with van der Waals surface area (Å²) in [4.78, 5) is 9.55. The van der Waals surface area contributed by atoms with E-state index in [1.165, 1.54) is 16.7 Å². The number of nitrogens with one attached hydrogen (secondary N) is 1. The normalized spacial score (nSPS) is 11.0. The highest BCUT2D eigenvalue weighted by Gasteiger charge is 2.16. The average Bonchev–Trinajstić information content (AvgIpc) is 2.41. The van der Waals surface area contributed by atoms with Crippen molar-refractivity contribution < 1.29 is 0 Å². The fraction of sp³-hybridized carbons (Fsp3) is 0.444. The molecular formula is C18H25N3. The number of anilines is 1. The Kier molecular flexibility index (Phi) is 4.61. The lowest BCUT2D eigenvalue weighted by Crippen LogP contribution is -2.10. The molecule has 1 N–H and O–H groups in total. The third-order valence-electron chi connectivity index (χ3n) is 3.69. The summed E-state index contributed by atoms with van der Waals surface area (Å²) in [5.41, 5.74) is 5.83. The zero-order chi connectivity index (χ0) is 15.6. The highest BCUT2D eigenvalue weighted by molar-refractivity contribution is 5.64. The Morgan fingerprint density at radius 2 is 1.81 bits per heavy atom. The van der Waals surface area contributed by atoms with Crippen molar-refractivity contribution in [3.63, 3.8) is 0 Å². The van der Waals surface area contributed by atoms with Crippen LogP contribution in [0.25, 0.3) is 11.4 Å². The van der Waals surface area contributed by atoms with Crippen molar-refractivity contribution in [3.8, 4) is 11.4 Å². The van der Waals surface area contributed by atoms with Crippen LogP contribution >= 0.6 is 0 Å². The fourth-order valence-corrected chi connectivity index (χ4v) is 2.67. The molecule has 0 aliphatic rings. The molecule has 3 nitrogen and oxygen atoms in total. The molecular weight excluding hydrogens is 258 g/mol. The molecule has 0 saturated heterocycles. The molecule has 0 amide bonds. The zero-order valence-electron chi connectivity index (χ0n) is 13.9. The van der Waals surface area contributed by atoms with Crippen LogP contribution in [0, 0.1) is 20.8 Å². The Labute approximate surface area is 127 Å². The summed E-state index contributed by atoms with van der Waals surface area (Å²) in [6.45, 7) is 13.6. The van der Waals surface area contributed by atoms with Crippen molar-refractivity contribution in [2.24, 2.45) is 0 Å². The topological polar surface area (TPSA) is 37.8 Å². The van der Waals surface area contributed by atoms with Crippen LogP contribution in [0.15, 0.2) is 18.2 Å². The van der Waals surface area contributed by atoms with Gasteiger partial charge in [0, 0.05) is 23.4 Å². The molecule has 0 fully saturated rings. The summed E-state index contributed by atoms with van der Waals surface area (Å²) >= 11 is 0. The van der Waals surface area contributed by atoms with Crippen molar-refractivity contribution in [3.05, 3.63) is 40.6 Å². The Bertz CT molecular complexity index is 645. The van der Waals surface area contributed by atoms with Gasteiger partial charge >= 0.3 is 0 Å². The van der Waals surface area contributed by atoms with Crippen LogP contribution in [0.3, 0.4) is 0 Å². The number of rotatable bonds is 4. The lowest BCUT2D eigenvalue weighted by atomic mass is 10.0. The van der Waals surface area contributed by atoms with Crippen molar-refractivity contribution in [1.29, 1.82) is 0 Å². The van der Waals surface area contributed by atoms with Gasteiger partial charge in [-0.05, 0) is 45.2 Å². The van der Waals surface area contributed by atoms with Gasteiger partial charge in [0.2, 0.25) is 0 Å². The number of hydrogen-bond donors (Lipinski definition) is 1. The van der Waals surface area contributed by atoms with Crippen LogP contribution in [0.1, 0.15) is 49.1 Å². The summed E-state index contributed by atoms with van der Waals surface area (Å²) in [5.74, 6) is 2.19. The van der Waals surface area contributed by atoms with Crippen molar-refractivity contribution >= 4 is 5.82 Å². The standard InChI is InChI=1S/C18H25N3/c1-7-19-18-16(11(2)3)14(6)20-17(21-18)15-10-12(4)8-9-13(15)5/h8-11H,7H2,1-6H3,(H,19,20,21). The molecule has 0 radical (unpaired) electrons. The predicted molar refractivity (Wildman–Crippen MR) is 89.9 cm³/mol. The first-order valence-electron chi connectivity index (χ1n) is 7.64. The number of nitrogens with zero attached hydrogens (tertiary/aromatic N) is 2. The third kappa shape index (κ3) is 3.23. The molecule has 3 heteroatoms. The van der Waals surface area contributed by atoms with E-state index in [0.29, 0.717) is 5.92 Å². The molecule has 2 rings (SSSR count). The zero-order valence-corrected chi connectivity index (χ0v) is 13.9. The van der Waals surface area contributed by atoms with Crippen LogP contribution in [0.4, 0.5) is 5.82 Å². The van der Waals surface area contributed by atoms with E-state index in [1.807, 2.05) is 0 Å². The summed E-state index contributed by atoms with van der Waals surface area (Å²) in [5, 5.41) is 3.39. The Balaban J connectivity index is 2.63. The summed E-state index contributed by atoms with van der Waals surface area (Å²) < 4.78 is 0. The largest absolute Gasteiger partial charge is 0.370 e. The second-order valence-corrected chi connectivity index (χ2v) is 5.90. The first-order chi connectivity index (χ1) is 9.93. The third-order valence-corrected chi connectivity index (χ3v) is 3.69. The summed E-state index contributed by atoms with van der Waals surface area (Å²) in [7, 11) is 0. The van der Waals surface area contributed by atoms with Crippen LogP contribution in [0.5, 0.6) is 0 Å². The second kappa shape index (κ2) is 6.25.